The third kappa shape index (κ3) is 5.47. The fourth-order valence-electron chi connectivity index (χ4n) is 2.94. The maximum atomic E-state index is 12.4. The van der Waals surface area contributed by atoms with Crippen LogP contribution in [0.3, 0.4) is 0 Å². The standard InChI is InChI=1S/C21H23ClN6O2/c1-14(25-21(30)20-12-27(13-24-20)7-5-15(2)29)11-28-8-6-19(26-28)16-3-4-17(10-23)18(22)9-16/h3-4,6,8-9,12-15,29H,5,7,11H2,1-2H3,(H,25,30). The average Bonchev–Trinajstić information content (AvgIpc) is 3.36. The van der Waals surface area contributed by atoms with Crippen LogP contribution in [0.1, 0.15) is 36.3 Å². The van der Waals surface area contributed by atoms with Gasteiger partial charge in [-0.2, -0.15) is 10.4 Å². The number of rotatable bonds is 8. The number of nitrogens with zero attached hydrogens (tertiary/aromatic N) is 5. The molecule has 0 fully saturated rings. The molecule has 2 unspecified atom stereocenters. The summed E-state index contributed by atoms with van der Waals surface area (Å²) in [4.78, 5) is 16.5. The summed E-state index contributed by atoms with van der Waals surface area (Å²) in [5, 5.41) is 26.2. The molecule has 30 heavy (non-hydrogen) atoms. The largest absolute Gasteiger partial charge is 0.393 e. The minimum atomic E-state index is -0.399. The molecule has 0 radical (unpaired) electrons. The van der Waals surface area contributed by atoms with Gasteiger partial charge in [0.25, 0.3) is 5.91 Å². The van der Waals surface area contributed by atoms with Crippen LogP contribution in [0.25, 0.3) is 11.3 Å². The lowest BCUT2D eigenvalue weighted by atomic mass is 10.1. The average molecular weight is 427 g/mol. The molecule has 3 rings (SSSR count). The number of halogens is 1. The van der Waals surface area contributed by atoms with Gasteiger partial charge in [0.2, 0.25) is 0 Å². The van der Waals surface area contributed by atoms with E-state index in [1.165, 1.54) is 0 Å². The second kappa shape index (κ2) is 9.57. The molecule has 156 valence electrons. The molecule has 8 nitrogen and oxygen atoms in total. The van der Waals surface area contributed by atoms with Gasteiger partial charge < -0.3 is 15.0 Å². The van der Waals surface area contributed by atoms with Gasteiger partial charge >= 0.3 is 0 Å². The van der Waals surface area contributed by atoms with Crippen LogP contribution in [0.4, 0.5) is 0 Å². The zero-order valence-electron chi connectivity index (χ0n) is 16.8. The Morgan fingerprint density at radius 2 is 2.17 bits per heavy atom. The molecule has 0 aliphatic heterocycles. The van der Waals surface area contributed by atoms with Crippen LogP contribution in [-0.2, 0) is 13.1 Å². The van der Waals surface area contributed by atoms with Gasteiger partial charge in [-0.1, -0.05) is 17.7 Å². The van der Waals surface area contributed by atoms with Gasteiger partial charge in [-0.25, -0.2) is 4.98 Å². The van der Waals surface area contributed by atoms with E-state index in [9.17, 15) is 9.90 Å². The van der Waals surface area contributed by atoms with Crippen molar-refractivity contribution >= 4 is 17.5 Å². The van der Waals surface area contributed by atoms with Crippen molar-refractivity contribution in [1.29, 1.82) is 5.26 Å². The summed E-state index contributed by atoms with van der Waals surface area (Å²) in [6.45, 7) is 4.70. The molecule has 0 aliphatic rings. The number of nitrogens with one attached hydrogen (secondary N) is 1. The first-order valence-corrected chi connectivity index (χ1v) is 9.97. The first kappa shape index (κ1) is 21.6. The molecule has 0 saturated heterocycles. The second-order valence-corrected chi connectivity index (χ2v) is 7.65. The molecule has 0 bridgehead atoms. The molecule has 9 heteroatoms. The van der Waals surface area contributed by atoms with Crippen molar-refractivity contribution < 1.29 is 9.90 Å². The van der Waals surface area contributed by atoms with Gasteiger partial charge in [0.1, 0.15) is 11.8 Å². The van der Waals surface area contributed by atoms with Gasteiger partial charge in [-0.15, -0.1) is 0 Å². The number of aryl methyl sites for hydroxylation is 1. The Kier molecular flexibility index (Phi) is 6.87. The lowest BCUT2D eigenvalue weighted by Gasteiger charge is -2.13. The van der Waals surface area contributed by atoms with Crippen LogP contribution < -0.4 is 5.32 Å². The smallest absolute Gasteiger partial charge is 0.271 e. The monoisotopic (exact) mass is 426 g/mol. The summed E-state index contributed by atoms with van der Waals surface area (Å²) in [6.07, 6.45) is 5.29. The van der Waals surface area contributed by atoms with E-state index in [4.69, 9.17) is 16.9 Å². The van der Waals surface area contributed by atoms with Crippen LogP contribution >= 0.6 is 11.6 Å². The summed E-state index contributed by atoms with van der Waals surface area (Å²) in [5.41, 5.74) is 2.30. The molecule has 3 aromatic rings. The Morgan fingerprint density at radius 3 is 2.87 bits per heavy atom. The molecule has 1 aromatic carbocycles. The van der Waals surface area contributed by atoms with Gasteiger partial charge in [-0.3, -0.25) is 9.48 Å². The third-order valence-corrected chi connectivity index (χ3v) is 4.85. The van der Waals surface area contributed by atoms with Crippen molar-refractivity contribution in [3.63, 3.8) is 0 Å². The Morgan fingerprint density at radius 1 is 1.37 bits per heavy atom. The fraction of sp³-hybridized carbons (Fsp3) is 0.333. The molecular weight excluding hydrogens is 404 g/mol. The lowest BCUT2D eigenvalue weighted by Crippen LogP contribution is -2.36. The molecule has 0 saturated carbocycles. The number of nitriles is 1. The number of hydrogen-bond acceptors (Lipinski definition) is 5. The minimum Gasteiger partial charge on any atom is -0.393 e. The first-order valence-electron chi connectivity index (χ1n) is 9.60. The Hall–Kier alpha value is -3.15. The van der Waals surface area contributed by atoms with Crippen molar-refractivity contribution in [2.45, 2.75) is 45.5 Å². The molecule has 0 spiro atoms. The van der Waals surface area contributed by atoms with E-state index >= 15 is 0 Å². The van der Waals surface area contributed by atoms with E-state index < -0.39 is 6.10 Å². The zero-order valence-corrected chi connectivity index (χ0v) is 17.5. The van der Waals surface area contributed by atoms with E-state index in [0.29, 0.717) is 35.8 Å². The molecular formula is C21H23ClN6O2. The summed E-state index contributed by atoms with van der Waals surface area (Å²) in [6, 6.07) is 8.91. The van der Waals surface area contributed by atoms with E-state index in [2.05, 4.69) is 15.4 Å². The highest BCUT2D eigenvalue weighted by Gasteiger charge is 2.14. The number of imidazole rings is 1. The van der Waals surface area contributed by atoms with Gasteiger partial charge in [-0.05, 0) is 38.5 Å². The van der Waals surface area contributed by atoms with E-state index in [1.54, 1.807) is 46.9 Å². The number of aromatic nitrogens is 4. The Bertz CT molecular complexity index is 1070. The van der Waals surface area contributed by atoms with E-state index in [1.807, 2.05) is 25.3 Å². The van der Waals surface area contributed by atoms with Crippen molar-refractivity contribution in [3.8, 4) is 17.3 Å². The van der Waals surface area contributed by atoms with E-state index in [-0.39, 0.29) is 11.9 Å². The normalized spacial score (nSPS) is 12.9. The Balaban J connectivity index is 1.58. The minimum absolute atomic E-state index is 0.169. The summed E-state index contributed by atoms with van der Waals surface area (Å²) >= 11 is 6.10. The molecule has 1 amide bonds. The molecule has 2 atom stereocenters. The Labute approximate surface area is 179 Å². The van der Waals surface area contributed by atoms with Gasteiger partial charge in [0.05, 0.1) is 35.3 Å². The highest BCUT2D eigenvalue weighted by molar-refractivity contribution is 6.32. The van der Waals surface area contributed by atoms with E-state index in [0.717, 1.165) is 11.3 Å². The topological polar surface area (TPSA) is 109 Å². The first-order chi connectivity index (χ1) is 14.4. The van der Waals surface area contributed by atoms with Crippen LogP contribution in [0.2, 0.25) is 5.02 Å². The van der Waals surface area contributed by atoms with Crippen molar-refractivity contribution in [2.24, 2.45) is 0 Å². The third-order valence-electron chi connectivity index (χ3n) is 4.54. The lowest BCUT2D eigenvalue weighted by molar-refractivity contribution is 0.0931. The van der Waals surface area contributed by atoms with Crippen molar-refractivity contribution in [3.05, 3.63) is 59.3 Å². The number of carbonyl (C=O) groups excluding carboxylic acids is 1. The summed E-state index contributed by atoms with van der Waals surface area (Å²) in [7, 11) is 0. The highest BCUT2D eigenvalue weighted by Crippen LogP contribution is 2.24. The maximum Gasteiger partial charge on any atom is 0.271 e. The van der Waals surface area contributed by atoms with Crippen LogP contribution in [0, 0.1) is 11.3 Å². The number of benzene rings is 1. The SMILES string of the molecule is CC(O)CCn1cnc(C(=O)NC(C)Cn2ccc(-c3ccc(C#N)c(Cl)c3)n2)c1. The number of aliphatic hydroxyl groups is 1. The molecule has 2 N–H and O–H groups in total. The molecule has 0 aliphatic carbocycles. The number of aliphatic hydroxyl groups excluding tert-OH is 1. The quantitative estimate of drug-likeness (QED) is 0.575. The predicted molar refractivity (Wildman–Crippen MR) is 113 cm³/mol. The predicted octanol–water partition coefficient (Wildman–Crippen LogP) is 2.86. The fourth-order valence-corrected chi connectivity index (χ4v) is 3.16. The maximum absolute atomic E-state index is 12.4. The second-order valence-electron chi connectivity index (χ2n) is 7.24. The number of hydrogen-bond donors (Lipinski definition) is 2. The zero-order chi connectivity index (χ0) is 21.7. The van der Waals surface area contributed by atoms with Crippen LogP contribution in [0.5, 0.6) is 0 Å². The summed E-state index contributed by atoms with van der Waals surface area (Å²) < 4.78 is 3.53. The van der Waals surface area contributed by atoms with Crippen LogP contribution in [0.15, 0.2) is 43.0 Å². The number of carbonyl (C=O) groups is 1. The van der Waals surface area contributed by atoms with Gasteiger partial charge in [0, 0.05) is 30.5 Å². The van der Waals surface area contributed by atoms with Crippen LogP contribution in [-0.4, -0.2) is 42.5 Å². The van der Waals surface area contributed by atoms with Crippen molar-refractivity contribution in [2.75, 3.05) is 0 Å². The highest BCUT2D eigenvalue weighted by atomic mass is 35.5. The van der Waals surface area contributed by atoms with Crippen molar-refractivity contribution in [1.82, 2.24) is 24.6 Å². The summed E-state index contributed by atoms with van der Waals surface area (Å²) in [5.74, 6) is -0.260. The number of amides is 1. The van der Waals surface area contributed by atoms with Gasteiger partial charge in [0.15, 0.2) is 0 Å². The molecule has 2 aromatic heterocycles. The molecule has 2 heterocycles.